The SMILES string of the molecule is C=C(C)C1CC=C(C)C(=NNC(=O)c2ccc(Cl)cc2Cl)C1. The van der Waals surface area contributed by atoms with Crippen molar-refractivity contribution in [1.29, 1.82) is 0 Å². The van der Waals surface area contributed by atoms with Crippen LogP contribution in [0.1, 0.15) is 37.0 Å². The number of hydrazone groups is 1. The van der Waals surface area contributed by atoms with Crippen molar-refractivity contribution in [2.24, 2.45) is 11.0 Å². The Labute approximate surface area is 140 Å². The van der Waals surface area contributed by atoms with E-state index in [1.807, 2.05) is 13.8 Å². The number of halogens is 2. The maximum Gasteiger partial charge on any atom is 0.272 e. The second-order valence-corrected chi connectivity index (χ2v) is 6.34. The van der Waals surface area contributed by atoms with Gasteiger partial charge in [0.1, 0.15) is 0 Å². The summed E-state index contributed by atoms with van der Waals surface area (Å²) in [5.41, 5.74) is 6.01. The van der Waals surface area contributed by atoms with Crippen LogP contribution in [0.2, 0.25) is 10.0 Å². The summed E-state index contributed by atoms with van der Waals surface area (Å²) < 4.78 is 0. The van der Waals surface area contributed by atoms with Crippen LogP contribution in [0.5, 0.6) is 0 Å². The van der Waals surface area contributed by atoms with Crippen LogP contribution in [0.3, 0.4) is 0 Å². The van der Waals surface area contributed by atoms with Crippen molar-refractivity contribution in [3.8, 4) is 0 Å². The van der Waals surface area contributed by atoms with Crippen LogP contribution < -0.4 is 5.43 Å². The largest absolute Gasteiger partial charge is 0.272 e. The van der Waals surface area contributed by atoms with Gasteiger partial charge in [-0.15, -0.1) is 0 Å². The van der Waals surface area contributed by atoms with Crippen molar-refractivity contribution in [2.75, 3.05) is 0 Å². The fraction of sp³-hybridized carbons (Fsp3) is 0.294. The highest BCUT2D eigenvalue weighted by molar-refractivity contribution is 6.36. The number of rotatable bonds is 3. The molecule has 1 N–H and O–H groups in total. The Kier molecular flexibility index (Phi) is 5.43. The third kappa shape index (κ3) is 3.99. The topological polar surface area (TPSA) is 41.5 Å². The summed E-state index contributed by atoms with van der Waals surface area (Å²) in [5, 5.41) is 5.05. The van der Waals surface area contributed by atoms with Gasteiger partial charge in [0.05, 0.1) is 16.3 Å². The number of nitrogens with one attached hydrogen (secondary N) is 1. The van der Waals surface area contributed by atoms with Gasteiger partial charge in [-0.25, -0.2) is 5.43 Å². The highest BCUT2D eigenvalue weighted by atomic mass is 35.5. The lowest BCUT2D eigenvalue weighted by atomic mass is 9.85. The molecule has 0 saturated carbocycles. The lowest BCUT2D eigenvalue weighted by Gasteiger charge is -2.22. The van der Waals surface area contributed by atoms with Gasteiger partial charge in [0, 0.05) is 5.02 Å². The van der Waals surface area contributed by atoms with Gasteiger partial charge in [-0.1, -0.05) is 41.4 Å². The van der Waals surface area contributed by atoms with Gasteiger partial charge in [0.15, 0.2) is 0 Å². The monoisotopic (exact) mass is 336 g/mol. The Hall–Kier alpha value is -1.58. The number of carbonyl (C=O) groups excluding carboxylic acids is 1. The molecule has 1 amide bonds. The Bertz CT molecular complexity index is 677. The lowest BCUT2D eigenvalue weighted by molar-refractivity contribution is 0.0955. The summed E-state index contributed by atoms with van der Waals surface area (Å²) in [5.74, 6) is 0.0258. The van der Waals surface area contributed by atoms with E-state index in [0.29, 0.717) is 21.5 Å². The fourth-order valence-corrected chi connectivity index (χ4v) is 2.77. The van der Waals surface area contributed by atoms with Crippen LogP contribution >= 0.6 is 23.2 Å². The van der Waals surface area contributed by atoms with Gasteiger partial charge >= 0.3 is 0 Å². The second-order valence-electron chi connectivity index (χ2n) is 5.49. The van der Waals surface area contributed by atoms with Crippen LogP contribution in [-0.2, 0) is 0 Å². The Morgan fingerprint density at radius 3 is 2.77 bits per heavy atom. The van der Waals surface area contributed by atoms with Crippen molar-refractivity contribution >= 4 is 34.8 Å². The zero-order valence-corrected chi connectivity index (χ0v) is 14.1. The quantitative estimate of drug-likeness (QED) is 0.611. The molecule has 3 nitrogen and oxygen atoms in total. The molecule has 1 aliphatic rings. The molecule has 0 bridgehead atoms. The van der Waals surface area contributed by atoms with Gasteiger partial charge in [-0.3, -0.25) is 4.79 Å². The third-order valence-corrected chi connectivity index (χ3v) is 4.32. The molecule has 0 spiro atoms. The molecule has 22 heavy (non-hydrogen) atoms. The fourth-order valence-electron chi connectivity index (χ4n) is 2.28. The minimum absolute atomic E-state index is 0.306. The van der Waals surface area contributed by atoms with Crippen molar-refractivity contribution in [1.82, 2.24) is 5.43 Å². The van der Waals surface area contributed by atoms with E-state index in [9.17, 15) is 4.79 Å². The maximum atomic E-state index is 12.2. The molecule has 116 valence electrons. The molecule has 0 fully saturated rings. The zero-order chi connectivity index (χ0) is 16.3. The van der Waals surface area contributed by atoms with E-state index in [-0.39, 0.29) is 5.91 Å². The van der Waals surface area contributed by atoms with Gasteiger partial charge in [0.25, 0.3) is 5.91 Å². The van der Waals surface area contributed by atoms with Crippen LogP contribution in [0.4, 0.5) is 0 Å². The molecule has 1 aromatic rings. The molecule has 0 heterocycles. The predicted molar refractivity (Wildman–Crippen MR) is 92.7 cm³/mol. The van der Waals surface area contributed by atoms with Crippen LogP contribution in [0.15, 0.2) is 47.1 Å². The van der Waals surface area contributed by atoms with Gasteiger partial charge < -0.3 is 0 Å². The Morgan fingerprint density at radius 1 is 1.41 bits per heavy atom. The summed E-state index contributed by atoms with van der Waals surface area (Å²) in [7, 11) is 0. The Morgan fingerprint density at radius 2 is 2.14 bits per heavy atom. The molecule has 1 aliphatic carbocycles. The smallest absolute Gasteiger partial charge is 0.267 e. The summed E-state index contributed by atoms with van der Waals surface area (Å²) >= 11 is 11.8. The first kappa shape index (κ1) is 16.8. The molecule has 2 rings (SSSR count). The molecule has 0 radical (unpaired) electrons. The zero-order valence-electron chi connectivity index (χ0n) is 12.6. The Balaban J connectivity index is 2.13. The number of carbonyl (C=O) groups is 1. The van der Waals surface area contributed by atoms with E-state index < -0.39 is 0 Å². The van der Waals surface area contributed by atoms with E-state index in [1.165, 1.54) is 6.07 Å². The standard InChI is InChI=1S/C17H18Cl2N2O/c1-10(2)12-5-4-11(3)16(8-12)20-21-17(22)14-7-6-13(18)9-15(14)19/h4,6-7,9,12H,1,5,8H2,2-3H3,(H,21,22). The average Bonchev–Trinajstić information content (AvgIpc) is 2.45. The second kappa shape index (κ2) is 7.12. The summed E-state index contributed by atoms with van der Waals surface area (Å²) in [6, 6.07) is 4.74. The minimum Gasteiger partial charge on any atom is -0.267 e. The molecule has 5 heteroatoms. The van der Waals surface area contributed by atoms with Crippen molar-refractivity contribution < 1.29 is 4.79 Å². The van der Waals surface area contributed by atoms with Crippen LogP contribution in [0.25, 0.3) is 0 Å². The van der Waals surface area contributed by atoms with Crippen molar-refractivity contribution in [3.05, 3.63) is 57.6 Å². The van der Waals surface area contributed by atoms with E-state index in [2.05, 4.69) is 23.2 Å². The first-order valence-corrected chi connectivity index (χ1v) is 7.78. The third-order valence-electron chi connectivity index (χ3n) is 3.77. The van der Waals surface area contributed by atoms with E-state index in [0.717, 1.165) is 29.7 Å². The highest BCUT2D eigenvalue weighted by Crippen LogP contribution is 2.26. The number of allylic oxidation sites excluding steroid dienone is 3. The van der Waals surface area contributed by atoms with Crippen molar-refractivity contribution in [3.63, 3.8) is 0 Å². The van der Waals surface area contributed by atoms with Gasteiger partial charge in [0.2, 0.25) is 0 Å². The minimum atomic E-state index is -0.348. The first-order valence-electron chi connectivity index (χ1n) is 7.03. The van der Waals surface area contributed by atoms with Gasteiger partial charge in [-0.05, 0) is 56.4 Å². The lowest BCUT2D eigenvalue weighted by Crippen LogP contribution is -2.23. The molecule has 0 aliphatic heterocycles. The van der Waals surface area contributed by atoms with E-state index in [4.69, 9.17) is 23.2 Å². The number of amides is 1. The van der Waals surface area contributed by atoms with Gasteiger partial charge in [-0.2, -0.15) is 5.10 Å². The number of benzene rings is 1. The number of nitrogens with zero attached hydrogens (tertiary/aromatic N) is 1. The average molecular weight is 337 g/mol. The molecular weight excluding hydrogens is 319 g/mol. The number of hydrogen-bond donors (Lipinski definition) is 1. The van der Waals surface area contributed by atoms with E-state index >= 15 is 0 Å². The molecular formula is C17H18Cl2N2O. The number of hydrogen-bond acceptors (Lipinski definition) is 2. The normalized spacial score (nSPS) is 19.7. The molecule has 1 unspecified atom stereocenters. The van der Waals surface area contributed by atoms with Crippen LogP contribution in [-0.4, -0.2) is 11.6 Å². The molecule has 1 aromatic carbocycles. The summed E-state index contributed by atoms with van der Waals surface area (Å²) in [4.78, 5) is 12.2. The van der Waals surface area contributed by atoms with E-state index in [1.54, 1.807) is 12.1 Å². The van der Waals surface area contributed by atoms with Crippen LogP contribution in [0, 0.1) is 5.92 Å². The summed E-state index contributed by atoms with van der Waals surface area (Å²) in [6.45, 7) is 8.01. The first-order chi connectivity index (χ1) is 10.4. The molecule has 1 atom stereocenters. The highest BCUT2D eigenvalue weighted by Gasteiger charge is 2.19. The maximum absolute atomic E-state index is 12.2. The van der Waals surface area contributed by atoms with Crippen molar-refractivity contribution in [2.45, 2.75) is 26.7 Å². The molecule has 0 saturated heterocycles. The summed E-state index contributed by atoms with van der Waals surface area (Å²) in [6.07, 6.45) is 3.88. The predicted octanol–water partition coefficient (Wildman–Crippen LogP) is 5.01. The molecule has 0 aromatic heterocycles.